The second-order valence-electron chi connectivity index (χ2n) is 10.3. The molecular weight excluding hydrogens is 538 g/mol. The average molecular weight is 580 g/mol. The number of para-hydroxylation sites is 1. The molecule has 0 saturated carbocycles. The second kappa shape index (κ2) is 15.6. The molecule has 3 N–H and O–H groups in total. The molecule has 10 heteroatoms. The predicted octanol–water partition coefficient (Wildman–Crippen LogP) is 3.48. The van der Waals surface area contributed by atoms with E-state index >= 15 is 0 Å². The summed E-state index contributed by atoms with van der Waals surface area (Å²) in [6.07, 6.45) is -0.220. The number of hydrogen-bond acceptors (Lipinski definition) is 9. The van der Waals surface area contributed by atoms with Crippen LogP contribution >= 0.6 is 23.4 Å². The van der Waals surface area contributed by atoms with E-state index in [0.29, 0.717) is 13.0 Å². The first-order valence-corrected chi connectivity index (χ1v) is 15.1. The van der Waals surface area contributed by atoms with Gasteiger partial charge >= 0.3 is 0 Å². The van der Waals surface area contributed by atoms with Crippen LogP contribution in [0.4, 0.5) is 11.4 Å². The first kappa shape index (κ1) is 30.6. The van der Waals surface area contributed by atoms with Crippen LogP contribution in [0.25, 0.3) is 0 Å². The molecule has 0 aliphatic carbocycles. The number of ether oxygens (including phenoxy) is 2. The van der Waals surface area contributed by atoms with Crippen LogP contribution in [-0.4, -0.2) is 116 Å². The zero-order valence-corrected chi connectivity index (χ0v) is 24.3. The monoisotopic (exact) mass is 579 g/mol. The Morgan fingerprint density at radius 2 is 1.44 bits per heavy atom. The second-order valence-corrected chi connectivity index (χ2v) is 11.8. The molecule has 0 amide bonds. The lowest BCUT2D eigenvalue weighted by atomic mass is 10.2. The van der Waals surface area contributed by atoms with E-state index < -0.39 is 18.3 Å². The zero-order valence-electron chi connectivity index (χ0n) is 22.8. The van der Waals surface area contributed by atoms with Gasteiger partial charge in [0.25, 0.3) is 0 Å². The molecule has 216 valence electrons. The molecule has 4 rings (SSSR count). The fourth-order valence-electron chi connectivity index (χ4n) is 4.89. The topological polar surface area (TPSA) is 88.9 Å². The first-order valence-electron chi connectivity index (χ1n) is 13.9. The van der Waals surface area contributed by atoms with Gasteiger partial charge in [-0.1, -0.05) is 42.4 Å². The van der Waals surface area contributed by atoms with Crippen molar-refractivity contribution in [3.05, 3.63) is 47.5 Å². The molecule has 0 spiro atoms. The lowest BCUT2D eigenvalue weighted by Crippen LogP contribution is -2.49. The lowest BCUT2D eigenvalue weighted by molar-refractivity contribution is -0.0568. The molecule has 0 radical (unpaired) electrons. The summed E-state index contributed by atoms with van der Waals surface area (Å²) < 4.78 is 10.7. The van der Waals surface area contributed by atoms with Crippen molar-refractivity contribution in [2.24, 2.45) is 0 Å². The lowest BCUT2D eigenvalue weighted by Gasteiger charge is -2.37. The van der Waals surface area contributed by atoms with Crippen LogP contribution in [0.1, 0.15) is 19.8 Å². The summed E-state index contributed by atoms with van der Waals surface area (Å²) >= 11 is 8.15. The smallest absolute Gasteiger partial charge is 0.101 e. The normalized spacial score (nSPS) is 18.4. The highest BCUT2D eigenvalue weighted by atomic mass is 35.5. The quantitative estimate of drug-likeness (QED) is 0.293. The van der Waals surface area contributed by atoms with Crippen LogP contribution in [0.15, 0.2) is 52.3 Å². The van der Waals surface area contributed by atoms with Gasteiger partial charge in [0.1, 0.15) is 6.10 Å². The van der Waals surface area contributed by atoms with Gasteiger partial charge in [0.05, 0.1) is 50.0 Å². The largest absolute Gasteiger partial charge is 0.391 e. The highest BCUT2D eigenvalue weighted by Crippen LogP contribution is 2.48. The molecule has 2 aliphatic rings. The molecule has 2 aromatic rings. The minimum atomic E-state index is -0.771. The van der Waals surface area contributed by atoms with Gasteiger partial charge in [0.15, 0.2) is 0 Å². The number of halogens is 1. The van der Waals surface area contributed by atoms with Gasteiger partial charge in [0.2, 0.25) is 0 Å². The number of anilines is 2. The standard InChI is InChI=1S/C29H42ClN3O5S/c1-2-23(34)18-37-20-25(36)21-38-19-24(35)17-32-14-12-31(13-15-32)10-5-11-33-26-6-3-4-7-28(26)39-29-9-8-22(30)16-27(29)33/h3-4,6-9,16,23-25,34-36H,2,5,10-15,17-21H2,1H3. The van der Waals surface area contributed by atoms with E-state index in [1.807, 2.05) is 13.0 Å². The number of benzene rings is 2. The molecule has 0 bridgehead atoms. The van der Waals surface area contributed by atoms with Crippen LogP contribution in [-0.2, 0) is 9.47 Å². The summed E-state index contributed by atoms with van der Waals surface area (Å²) in [5.74, 6) is 0. The number of piperazine rings is 1. The predicted molar refractivity (Wildman–Crippen MR) is 156 cm³/mol. The van der Waals surface area contributed by atoms with Gasteiger partial charge in [-0.2, -0.15) is 0 Å². The number of fused-ring (bicyclic) bond motifs is 2. The van der Waals surface area contributed by atoms with Gasteiger partial charge < -0.3 is 34.6 Å². The van der Waals surface area contributed by atoms with Crippen LogP contribution in [0.2, 0.25) is 5.02 Å². The molecular formula is C29H42ClN3O5S. The van der Waals surface area contributed by atoms with E-state index in [2.05, 4.69) is 51.1 Å². The Morgan fingerprint density at radius 1 is 0.795 bits per heavy atom. The van der Waals surface area contributed by atoms with Crippen molar-refractivity contribution >= 4 is 34.7 Å². The van der Waals surface area contributed by atoms with E-state index in [0.717, 1.165) is 50.7 Å². The van der Waals surface area contributed by atoms with Gasteiger partial charge in [-0.3, -0.25) is 4.90 Å². The van der Waals surface area contributed by atoms with Crippen molar-refractivity contribution in [2.45, 2.75) is 47.9 Å². The fourth-order valence-corrected chi connectivity index (χ4v) is 6.13. The van der Waals surface area contributed by atoms with Crippen molar-refractivity contribution < 1.29 is 24.8 Å². The Bertz CT molecular complexity index is 1030. The third-order valence-electron chi connectivity index (χ3n) is 7.09. The molecule has 2 heterocycles. The minimum absolute atomic E-state index is 0.101. The third-order valence-corrected chi connectivity index (χ3v) is 8.46. The molecule has 1 fully saturated rings. The summed E-state index contributed by atoms with van der Waals surface area (Å²) in [6.45, 7) is 8.75. The molecule has 8 nitrogen and oxygen atoms in total. The highest BCUT2D eigenvalue weighted by Gasteiger charge is 2.24. The van der Waals surface area contributed by atoms with E-state index in [9.17, 15) is 15.3 Å². The number of rotatable bonds is 15. The maximum absolute atomic E-state index is 10.4. The number of β-amino-alcohol motifs (C(OH)–C–C–N with tert-alkyl or cyclic N) is 1. The fraction of sp³-hybridized carbons (Fsp3) is 0.586. The summed E-state index contributed by atoms with van der Waals surface area (Å²) in [5.41, 5.74) is 2.43. The van der Waals surface area contributed by atoms with Gasteiger partial charge in [-0.05, 0) is 49.7 Å². The Hall–Kier alpha value is -1.40. The molecule has 3 unspecified atom stereocenters. The van der Waals surface area contributed by atoms with Crippen molar-refractivity contribution in [2.75, 3.05) is 77.1 Å². The third kappa shape index (κ3) is 9.31. The Balaban J connectivity index is 1.13. The zero-order chi connectivity index (χ0) is 27.6. The number of hydrogen-bond donors (Lipinski definition) is 3. The first-order chi connectivity index (χ1) is 18.9. The van der Waals surface area contributed by atoms with Crippen LogP contribution in [0, 0.1) is 0 Å². The molecule has 2 aliphatic heterocycles. The van der Waals surface area contributed by atoms with Crippen molar-refractivity contribution in [3.63, 3.8) is 0 Å². The van der Waals surface area contributed by atoms with E-state index in [-0.39, 0.29) is 26.4 Å². The summed E-state index contributed by atoms with van der Waals surface area (Å²) in [4.78, 5) is 9.68. The average Bonchev–Trinajstić information content (AvgIpc) is 2.93. The Labute approximate surface area is 241 Å². The Morgan fingerprint density at radius 3 is 2.18 bits per heavy atom. The summed E-state index contributed by atoms with van der Waals surface area (Å²) in [7, 11) is 0. The Kier molecular flexibility index (Phi) is 12.2. The van der Waals surface area contributed by atoms with Crippen LogP contribution < -0.4 is 4.90 Å². The van der Waals surface area contributed by atoms with Gasteiger partial charge in [-0.25, -0.2) is 0 Å². The number of aliphatic hydroxyl groups excluding tert-OH is 3. The molecule has 39 heavy (non-hydrogen) atoms. The number of nitrogens with zero attached hydrogens (tertiary/aromatic N) is 3. The highest BCUT2D eigenvalue weighted by molar-refractivity contribution is 7.99. The number of aliphatic hydroxyl groups is 3. The molecule has 3 atom stereocenters. The molecule has 2 aromatic carbocycles. The molecule has 0 aromatic heterocycles. The minimum Gasteiger partial charge on any atom is -0.391 e. The SMILES string of the molecule is CCC(O)COCC(O)COCC(O)CN1CCN(CCCN2c3ccccc3Sc3ccc(Cl)cc32)CC1. The van der Waals surface area contributed by atoms with Gasteiger partial charge in [-0.15, -0.1) is 0 Å². The van der Waals surface area contributed by atoms with E-state index in [1.165, 1.54) is 21.2 Å². The van der Waals surface area contributed by atoms with Crippen molar-refractivity contribution in [1.29, 1.82) is 0 Å². The van der Waals surface area contributed by atoms with Crippen LogP contribution in [0.5, 0.6) is 0 Å². The van der Waals surface area contributed by atoms with Crippen LogP contribution in [0.3, 0.4) is 0 Å². The van der Waals surface area contributed by atoms with E-state index in [1.54, 1.807) is 11.8 Å². The summed E-state index contributed by atoms with van der Waals surface area (Å²) in [6, 6.07) is 14.7. The van der Waals surface area contributed by atoms with Crippen molar-refractivity contribution in [1.82, 2.24) is 9.80 Å². The van der Waals surface area contributed by atoms with E-state index in [4.69, 9.17) is 21.1 Å². The van der Waals surface area contributed by atoms with Gasteiger partial charge in [0, 0.05) is 54.1 Å². The maximum atomic E-state index is 10.4. The summed E-state index contributed by atoms with van der Waals surface area (Å²) in [5, 5.41) is 30.5. The van der Waals surface area contributed by atoms with Crippen molar-refractivity contribution in [3.8, 4) is 0 Å². The molecule has 1 saturated heterocycles. The maximum Gasteiger partial charge on any atom is 0.101 e.